The van der Waals surface area contributed by atoms with Crippen LogP contribution in [0.2, 0.25) is 5.02 Å². The quantitative estimate of drug-likeness (QED) is 0.667. The molecule has 0 aliphatic carbocycles. The minimum absolute atomic E-state index is 0.00882. The van der Waals surface area contributed by atoms with Crippen molar-refractivity contribution in [1.82, 2.24) is 9.55 Å². The number of carbonyl (C=O) groups is 1. The molecule has 1 aromatic heterocycles. The number of nitrogens with zero attached hydrogens (tertiary/aromatic N) is 2. The summed E-state index contributed by atoms with van der Waals surface area (Å²) in [5.74, 6) is -1.39. The molecule has 2 aromatic carbocycles. The van der Waals surface area contributed by atoms with Gasteiger partial charge in [0, 0.05) is 6.54 Å². The molecule has 150 valence electrons. The van der Waals surface area contributed by atoms with E-state index in [1.165, 1.54) is 10.6 Å². The Morgan fingerprint density at radius 2 is 1.90 bits per heavy atom. The highest BCUT2D eigenvalue weighted by Crippen LogP contribution is 2.24. The molecule has 3 N–H and O–H groups in total. The number of rotatable bonds is 5. The molecule has 7 nitrogen and oxygen atoms in total. The van der Waals surface area contributed by atoms with Gasteiger partial charge < -0.3 is 10.6 Å². The highest BCUT2D eigenvalue weighted by atomic mass is 35.5. The number of hydrogen-bond acceptors (Lipinski definition) is 4. The van der Waals surface area contributed by atoms with Gasteiger partial charge in [0.1, 0.15) is 11.6 Å². The normalized spacial score (nSPS) is 10.7. The summed E-state index contributed by atoms with van der Waals surface area (Å²) in [6.07, 6.45) is 0. The third-order valence-electron chi connectivity index (χ3n) is 4.39. The van der Waals surface area contributed by atoms with Gasteiger partial charge in [-0.05, 0) is 30.7 Å². The molecular weight excluding hydrogens is 399 g/mol. The number of H-pyrrole nitrogens is 1. The molecule has 0 saturated carbocycles. The molecule has 0 unspecified atom stereocenters. The van der Waals surface area contributed by atoms with Gasteiger partial charge in [0.2, 0.25) is 0 Å². The lowest BCUT2D eigenvalue weighted by atomic mass is 10.1. The van der Waals surface area contributed by atoms with E-state index < -0.39 is 23.0 Å². The lowest BCUT2D eigenvalue weighted by Gasteiger charge is -2.23. The van der Waals surface area contributed by atoms with Crippen molar-refractivity contribution in [2.45, 2.75) is 13.5 Å². The standard InChI is InChI=1S/C20H18ClFN4O3/c1-2-25(19(28)14-9-8-13(22)10-15(14)21)16-17(23)26(20(29)24-18(16)27)11-12-6-4-3-5-7-12/h3-10H,2,11,23H2,1H3,(H,24,27,29). The number of benzene rings is 2. The lowest BCUT2D eigenvalue weighted by Crippen LogP contribution is -2.41. The van der Waals surface area contributed by atoms with Crippen molar-refractivity contribution in [3.8, 4) is 0 Å². The lowest BCUT2D eigenvalue weighted by molar-refractivity contribution is 0.0988. The number of aromatic nitrogens is 2. The van der Waals surface area contributed by atoms with Gasteiger partial charge in [-0.15, -0.1) is 0 Å². The van der Waals surface area contributed by atoms with Crippen LogP contribution in [0.5, 0.6) is 0 Å². The van der Waals surface area contributed by atoms with Gasteiger partial charge >= 0.3 is 5.69 Å². The number of carbonyl (C=O) groups excluding carboxylic acids is 1. The molecule has 0 atom stereocenters. The smallest absolute Gasteiger partial charge is 0.330 e. The fourth-order valence-corrected chi connectivity index (χ4v) is 3.22. The summed E-state index contributed by atoms with van der Waals surface area (Å²) in [4.78, 5) is 41.1. The van der Waals surface area contributed by atoms with E-state index in [1.807, 2.05) is 18.2 Å². The maximum atomic E-state index is 13.3. The van der Waals surface area contributed by atoms with Gasteiger partial charge in [-0.2, -0.15) is 0 Å². The molecule has 1 amide bonds. The summed E-state index contributed by atoms with van der Waals surface area (Å²) in [5.41, 5.74) is 5.27. The maximum Gasteiger partial charge on any atom is 0.330 e. The van der Waals surface area contributed by atoms with Crippen LogP contribution in [0.4, 0.5) is 15.9 Å². The Morgan fingerprint density at radius 1 is 1.21 bits per heavy atom. The van der Waals surface area contributed by atoms with Crippen LogP contribution in [0.3, 0.4) is 0 Å². The van der Waals surface area contributed by atoms with Crippen LogP contribution in [0.1, 0.15) is 22.8 Å². The third-order valence-corrected chi connectivity index (χ3v) is 4.70. The van der Waals surface area contributed by atoms with Crippen LogP contribution in [0.25, 0.3) is 0 Å². The molecule has 3 aromatic rings. The number of aromatic amines is 1. The Hall–Kier alpha value is -3.39. The SMILES string of the molecule is CCN(C(=O)c1ccc(F)cc1Cl)c1c(N)n(Cc2ccccc2)c(=O)[nH]c1=O. The molecular formula is C20H18ClFN4O3. The molecule has 29 heavy (non-hydrogen) atoms. The van der Waals surface area contributed by atoms with Crippen LogP contribution in [-0.4, -0.2) is 22.0 Å². The Labute approximate surface area is 170 Å². The molecule has 0 bridgehead atoms. The van der Waals surface area contributed by atoms with Gasteiger partial charge in [0.15, 0.2) is 5.69 Å². The van der Waals surface area contributed by atoms with Crippen molar-refractivity contribution in [1.29, 1.82) is 0 Å². The number of nitrogen functional groups attached to an aromatic ring is 1. The number of anilines is 2. The van der Waals surface area contributed by atoms with Crippen LogP contribution in [-0.2, 0) is 6.54 Å². The molecule has 3 rings (SSSR count). The number of hydrogen-bond donors (Lipinski definition) is 2. The summed E-state index contributed by atoms with van der Waals surface area (Å²) in [7, 11) is 0. The molecule has 0 spiro atoms. The summed E-state index contributed by atoms with van der Waals surface area (Å²) in [6, 6.07) is 12.4. The second kappa shape index (κ2) is 8.32. The zero-order valence-corrected chi connectivity index (χ0v) is 16.2. The minimum Gasteiger partial charge on any atom is -0.383 e. The molecule has 0 saturated heterocycles. The monoisotopic (exact) mass is 416 g/mol. The molecule has 9 heteroatoms. The Bertz CT molecular complexity index is 1170. The van der Waals surface area contributed by atoms with E-state index >= 15 is 0 Å². The number of halogens is 2. The van der Waals surface area contributed by atoms with E-state index in [2.05, 4.69) is 4.98 Å². The predicted molar refractivity (Wildman–Crippen MR) is 110 cm³/mol. The van der Waals surface area contributed by atoms with Crippen LogP contribution >= 0.6 is 11.6 Å². The summed E-state index contributed by atoms with van der Waals surface area (Å²) < 4.78 is 14.5. The van der Waals surface area contributed by atoms with Crippen molar-refractivity contribution >= 4 is 29.0 Å². The average Bonchev–Trinajstić information content (AvgIpc) is 2.68. The topological polar surface area (TPSA) is 101 Å². The van der Waals surface area contributed by atoms with Crippen LogP contribution < -0.4 is 21.9 Å². The predicted octanol–water partition coefficient (Wildman–Crippen LogP) is 2.63. The highest BCUT2D eigenvalue weighted by Gasteiger charge is 2.25. The highest BCUT2D eigenvalue weighted by molar-refractivity contribution is 6.34. The largest absolute Gasteiger partial charge is 0.383 e. The number of nitrogens with one attached hydrogen (secondary N) is 1. The second-order valence-electron chi connectivity index (χ2n) is 6.24. The molecule has 0 fully saturated rings. The Kier molecular flexibility index (Phi) is 5.84. The summed E-state index contributed by atoms with van der Waals surface area (Å²) >= 11 is 6.00. The fraction of sp³-hybridized carbons (Fsp3) is 0.150. The summed E-state index contributed by atoms with van der Waals surface area (Å²) in [5, 5.41) is -0.0962. The zero-order chi connectivity index (χ0) is 21.1. The number of nitrogens with two attached hydrogens (primary N) is 1. The van der Waals surface area contributed by atoms with E-state index in [0.29, 0.717) is 0 Å². The van der Waals surface area contributed by atoms with Gasteiger partial charge in [-0.3, -0.25) is 19.1 Å². The van der Waals surface area contributed by atoms with Crippen molar-refractivity contribution in [2.75, 3.05) is 17.2 Å². The van der Waals surface area contributed by atoms with E-state index in [0.717, 1.165) is 22.6 Å². The Morgan fingerprint density at radius 3 is 2.52 bits per heavy atom. The van der Waals surface area contributed by atoms with Crippen molar-refractivity contribution < 1.29 is 9.18 Å². The summed E-state index contributed by atoms with van der Waals surface area (Å²) in [6.45, 7) is 1.82. The Balaban J connectivity index is 2.10. The van der Waals surface area contributed by atoms with E-state index in [1.54, 1.807) is 19.1 Å². The van der Waals surface area contributed by atoms with Gasteiger partial charge in [0.05, 0.1) is 17.1 Å². The number of amides is 1. The zero-order valence-electron chi connectivity index (χ0n) is 15.5. The first-order valence-electron chi connectivity index (χ1n) is 8.77. The average molecular weight is 417 g/mol. The first-order valence-corrected chi connectivity index (χ1v) is 9.14. The van der Waals surface area contributed by atoms with Gasteiger partial charge in [0.25, 0.3) is 11.5 Å². The van der Waals surface area contributed by atoms with Crippen LogP contribution in [0.15, 0.2) is 58.1 Å². The molecule has 1 heterocycles. The second-order valence-corrected chi connectivity index (χ2v) is 6.65. The minimum atomic E-state index is -0.801. The molecule has 0 aliphatic rings. The first-order chi connectivity index (χ1) is 13.8. The van der Waals surface area contributed by atoms with Gasteiger partial charge in [-0.1, -0.05) is 41.9 Å². The van der Waals surface area contributed by atoms with Crippen LogP contribution in [0, 0.1) is 5.82 Å². The fourth-order valence-electron chi connectivity index (χ4n) is 2.97. The van der Waals surface area contributed by atoms with Crippen molar-refractivity contribution in [2.24, 2.45) is 0 Å². The molecule has 0 aliphatic heterocycles. The van der Waals surface area contributed by atoms with Crippen molar-refractivity contribution in [3.63, 3.8) is 0 Å². The van der Waals surface area contributed by atoms with E-state index in [-0.39, 0.29) is 35.2 Å². The van der Waals surface area contributed by atoms with E-state index in [4.69, 9.17) is 17.3 Å². The maximum absolute atomic E-state index is 13.3. The molecule has 0 radical (unpaired) electrons. The van der Waals surface area contributed by atoms with E-state index in [9.17, 15) is 18.8 Å². The third kappa shape index (κ3) is 4.07. The van der Waals surface area contributed by atoms with Gasteiger partial charge in [-0.25, -0.2) is 9.18 Å². The van der Waals surface area contributed by atoms with Crippen molar-refractivity contribution in [3.05, 3.63) is 91.3 Å². The first kappa shape index (κ1) is 20.3.